The first-order valence-corrected chi connectivity index (χ1v) is 11.0. The molecule has 1 aliphatic rings. The first-order chi connectivity index (χ1) is 12.8. The van der Waals surface area contributed by atoms with Crippen molar-refractivity contribution in [1.82, 2.24) is 0 Å². The van der Waals surface area contributed by atoms with Crippen LogP contribution in [0.5, 0.6) is 0 Å². The number of aliphatic hydroxyl groups is 2. The first kappa shape index (κ1) is 19.8. The topological polar surface area (TPSA) is 76.0 Å². The van der Waals surface area contributed by atoms with Gasteiger partial charge in [0.05, 0.1) is 6.61 Å². The summed E-state index contributed by atoms with van der Waals surface area (Å²) >= 11 is 0. The highest BCUT2D eigenvalue weighted by atomic mass is 28.4. The number of rotatable bonds is 5. The highest BCUT2D eigenvalue weighted by Crippen LogP contribution is 2.37. The average Bonchev–Trinajstić information content (AvgIpc) is 2.90. The lowest BCUT2D eigenvalue weighted by molar-refractivity contribution is -0.148. The number of hydrogen-bond donors (Lipinski definition) is 2. The molecule has 1 heterocycles. The van der Waals surface area contributed by atoms with Crippen LogP contribution in [-0.2, 0) is 14.0 Å². The second-order valence-corrected chi connectivity index (χ2v) is 12.2. The Morgan fingerprint density at radius 1 is 0.963 bits per heavy atom. The number of esters is 1. The Morgan fingerprint density at radius 3 is 1.81 bits per heavy atom. The first-order valence-electron chi connectivity index (χ1n) is 9.09. The molecular formula is C21H26O5Si. The predicted molar refractivity (Wildman–Crippen MR) is 105 cm³/mol. The van der Waals surface area contributed by atoms with Crippen molar-refractivity contribution in [3.63, 3.8) is 0 Å². The number of carbonyl (C=O) groups is 1. The fourth-order valence-corrected chi connectivity index (χ4v) is 8.30. The van der Waals surface area contributed by atoms with E-state index in [2.05, 4.69) is 45.0 Å². The lowest BCUT2D eigenvalue weighted by Crippen LogP contribution is -2.67. The predicted octanol–water partition coefficient (Wildman–Crippen LogP) is 1.21. The van der Waals surface area contributed by atoms with Crippen LogP contribution in [0.1, 0.15) is 20.8 Å². The molecule has 144 valence electrons. The SMILES string of the molecule is CC(C)(C)[Si](OC[C@H]1OC(=O)[C@@H](O)[C@@H]1O)(c1ccccc1)c1ccccc1. The summed E-state index contributed by atoms with van der Waals surface area (Å²) in [6.07, 6.45) is -3.68. The molecular weight excluding hydrogens is 360 g/mol. The number of ether oxygens (including phenoxy) is 1. The number of carbonyl (C=O) groups excluding carboxylic acids is 1. The van der Waals surface area contributed by atoms with Gasteiger partial charge in [0.2, 0.25) is 0 Å². The Bertz CT molecular complexity index is 733. The lowest BCUT2D eigenvalue weighted by atomic mass is 10.1. The van der Waals surface area contributed by atoms with Gasteiger partial charge in [0.1, 0.15) is 6.10 Å². The summed E-state index contributed by atoms with van der Waals surface area (Å²) in [4.78, 5) is 11.6. The van der Waals surface area contributed by atoms with Gasteiger partial charge in [-0.15, -0.1) is 0 Å². The zero-order valence-corrected chi connectivity index (χ0v) is 16.8. The molecule has 2 N–H and O–H groups in total. The number of hydrogen-bond acceptors (Lipinski definition) is 5. The second kappa shape index (κ2) is 7.56. The highest BCUT2D eigenvalue weighted by Gasteiger charge is 2.52. The van der Waals surface area contributed by atoms with E-state index in [0.29, 0.717) is 0 Å². The summed E-state index contributed by atoms with van der Waals surface area (Å²) in [6.45, 7) is 6.46. The summed E-state index contributed by atoms with van der Waals surface area (Å²) in [5.74, 6) is -0.807. The van der Waals surface area contributed by atoms with E-state index in [1.807, 2.05) is 36.4 Å². The van der Waals surface area contributed by atoms with Crippen LogP contribution in [0.2, 0.25) is 5.04 Å². The van der Waals surface area contributed by atoms with Crippen molar-refractivity contribution in [1.29, 1.82) is 0 Å². The third kappa shape index (κ3) is 3.58. The third-order valence-electron chi connectivity index (χ3n) is 5.09. The normalized spacial score (nSPS) is 23.3. The lowest BCUT2D eigenvalue weighted by Gasteiger charge is -2.43. The van der Waals surface area contributed by atoms with E-state index in [4.69, 9.17) is 9.16 Å². The number of cyclic esters (lactones) is 1. The Hall–Kier alpha value is -1.99. The smallest absolute Gasteiger partial charge is 0.338 e. The molecule has 0 spiro atoms. The van der Waals surface area contributed by atoms with Gasteiger partial charge in [-0.1, -0.05) is 81.4 Å². The second-order valence-electron chi connectivity index (χ2n) is 7.89. The Kier molecular flexibility index (Phi) is 5.53. The molecule has 0 saturated carbocycles. The molecule has 2 aromatic rings. The van der Waals surface area contributed by atoms with Crippen LogP contribution in [0.25, 0.3) is 0 Å². The van der Waals surface area contributed by atoms with Crippen LogP contribution < -0.4 is 10.4 Å². The summed E-state index contributed by atoms with van der Waals surface area (Å²) in [5, 5.41) is 21.8. The van der Waals surface area contributed by atoms with Crippen LogP contribution in [0.15, 0.2) is 60.7 Å². The van der Waals surface area contributed by atoms with E-state index in [0.717, 1.165) is 10.4 Å². The molecule has 1 saturated heterocycles. The summed E-state index contributed by atoms with van der Waals surface area (Å²) in [5.41, 5.74) is 0. The van der Waals surface area contributed by atoms with Crippen molar-refractivity contribution in [3.8, 4) is 0 Å². The van der Waals surface area contributed by atoms with Gasteiger partial charge < -0.3 is 19.4 Å². The Morgan fingerprint density at radius 2 is 1.44 bits per heavy atom. The summed E-state index contributed by atoms with van der Waals surface area (Å²) in [6, 6.07) is 20.2. The van der Waals surface area contributed by atoms with Crippen molar-refractivity contribution in [3.05, 3.63) is 60.7 Å². The van der Waals surface area contributed by atoms with Crippen molar-refractivity contribution in [2.75, 3.05) is 6.61 Å². The standard InChI is InChI=1S/C21H26O5Si/c1-21(2,3)27(15-10-6-4-7-11-15,16-12-8-5-9-13-16)25-14-17-18(22)19(23)20(24)26-17/h4-13,17-19,22-23H,14H2,1-3H3/t17-,18-,19+/m1/s1. The molecule has 6 heteroatoms. The van der Waals surface area contributed by atoms with Crippen molar-refractivity contribution >= 4 is 24.7 Å². The molecule has 0 aliphatic carbocycles. The van der Waals surface area contributed by atoms with E-state index >= 15 is 0 Å². The molecule has 1 aliphatic heterocycles. The van der Waals surface area contributed by atoms with Gasteiger partial charge in [0.15, 0.2) is 12.2 Å². The fourth-order valence-electron chi connectivity index (χ4n) is 3.73. The van der Waals surface area contributed by atoms with Crippen molar-refractivity contribution in [2.45, 2.75) is 44.1 Å². The maximum absolute atomic E-state index is 11.6. The zero-order chi connectivity index (χ0) is 19.7. The maximum atomic E-state index is 11.6. The van der Waals surface area contributed by atoms with E-state index in [-0.39, 0.29) is 11.6 Å². The molecule has 0 aromatic heterocycles. The molecule has 0 unspecified atom stereocenters. The molecule has 5 nitrogen and oxygen atoms in total. The van der Waals surface area contributed by atoms with E-state index in [9.17, 15) is 15.0 Å². The minimum atomic E-state index is -2.77. The van der Waals surface area contributed by atoms with E-state index < -0.39 is 32.6 Å². The van der Waals surface area contributed by atoms with Crippen LogP contribution in [0.3, 0.4) is 0 Å². The number of benzene rings is 2. The highest BCUT2D eigenvalue weighted by molar-refractivity contribution is 6.99. The minimum absolute atomic E-state index is 0.0250. The molecule has 2 aromatic carbocycles. The van der Waals surface area contributed by atoms with Crippen LogP contribution in [0.4, 0.5) is 0 Å². The van der Waals surface area contributed by atoms with Gasteiger partial charge in [-0.25, -0.2) is 4.79 Å². The van der Waals surface area contributed by atoms with Crippen LogP contribution in [-0.4, -0.2) is 49.4 Å². The summed E-state index contributed by atoms with van der Waals surface area (Å²) < 4.78 is 11.7. The molecule has 0 amide bonds. The quantitative estimate of drug-likeness (QED) is 0.597. The fraction of sp³-hybridized carbons (Fsp3) is 0.381. The largest absolute Gasteiger partial charge is 0.455 e. The minimum Gasteiger partial charge on any atom is -0.455 e. The van der Waals surface area contributed by atoms with Gasteiger partial charge >= 0.3 is 5.97 Å². The number of aliphatic hydroxyl groups excluding tert-OH is 2. The van der Waals surface area contributed by atoms with Gasteiger partial charge in [-0.3, -0.25) is 0 Å². The Labute approximate surface area is 160 Å². The maximum Gasteiger partial charge on any atom is 0.338 e. The average molecular weight is 387 g/mol. The molecule has 3 rings (SSSR count). The molecule has 3 atom stereocenters. The van der Waals surface area contributed by atoms with Gasteiger partial charge in [-0.05, 0) is 15.4 Å². The van der Waals surface area contributed by atoms with Crippen LogP contribution in [0, 0.1) is 0 Å². The van der Waals surface area contributed by atoms with Gasteiger partial charge in [0, 0.05) is 0 Å². The summed E-state index contributed by atoms with van der Waals surface area (Å²) in [7, 11) is -2.77. The van der Waals surface area contributed by atoms with Gasteiger partial charge in [0.25, 0.3) is 8.32 Å². The molecule has 0 radical (unpaired) electrons. The monoisotopic (exact) mass is 386 g/mol. The molecule has 0 bridgehead atoms. The van der Waals surface area contributed by atoms with Crippen molar-refractivity contribution in [2.24, 2.45) is 0 Å². The molecule has 1 fully saturated rings. The van der Waals surface area contributed by atoms with E-state index in [1.54, 1.807) is 0 Å². The Balaban J connectivity index is 2.03. The third-order valence-corrected chi connectivity index (χ3v) is 10.1. The zero-order valence-electron chi connectivity index (χ0n) is 15.8. The van der Waals surface area contributed by atoms with Crippen molar-refractivity contribution < 1.29 is 24.2 Å². The van der Waals surface area contributed by atoms with E-state index in [1.165, 1.54) is 0 Å². The van der Waals surface area contributed by atoms with Gasteiger partial charge in [-0.2, -0.15) is 0 Å². The van der Waals surface area contributed by atoms with Crippen LogP contribution >= 0.6 is 0 Å². The molecule has 27 heavy (non-hydrogen) atoms.